The lowest BCUT2D eigenvalue weighted by Gasteiger charge is -2.10. The first-order chi connectivity index (χ1) is 9.13. The Hall–Kier alpha value is -0.910. The van der Waals surface area contributed by atoms with E-state index in [9.17, 15) is 4.79 Å². The van der Waals surface area contributed by atoms with Crippen molar-refractivity contribution in [2.24, 2.45) is 5.73 Å². The van der Waals surface area contributed by atoms with E-state index in [1.165, 1.54) is 4.70 Å². The molecule has 2 rings (SSSR count). The Bertz CT molecular complexity index is 582. The summed E-state index contributed by atoms with van der Waals surface area (Å²) < 4.78 is 7.20. The van der Waals surface area contributed by atoms with Gasteiger partial charge in [0, 0.05) is 21.6 Å². The van der Waals surface area contributed by atoms with Crippen LogP contribution in [-0.2, 0) is 9.53 Å². The number of carbonyl (C=O) groups excluding carboxylic acids is 1. The number of benzene rings is 1. The highest BCUT2D eigenvalue weighted by Crippen LogP contribution is 2.35. The van der Waals surface area contributed by atoms with Crippen molar-refractivity contribution in [3.8, 4) is 0 Å². The van der Waals surface area contributed by atoms with Crippen molar-refractivity contribution in [3.63, 3.8) is 0 Å². The monoisotopic (exact) mass is 341 g/mol. The van der Waals surface area contributed by atoms with Crippen LogP contribution in [0, 0.1) is 0 Å². The maximum absolute atomic E-state index is 11.4. The molecule has 0 spiro atoms. The summed E-state index contributed by atoms with van der Waals surface area (Å²) in [6.07, 6.45) is 0.970. The van der Waals surface area contributed by atoms with Crippen LogP contribution in [-0.4, -0.2) is 12.6 Å². The zero-order valence-electron chi connectivity index (χ0n) is 10.7. The summed E-state index contributed by atoms with van der Waals surface area (Å²) in [6.45, 7) is 2.23. The van der Waals surface area contributed by atoms with Gasteiger partial charge in [0.1, 0.15) is 0 Å². The van der Waals surface area contributed by atoms with E-state index >= 15 is 0 Å². The molecule has 1 aromatic heterocycles. The number of carbonyl (C=O) groups is 1. The fraction of sp³-hybridized carbons (Fsp3) is 0.357. The summed E-state index contributed by atoms with van der Waals surface area (Å²) in [4.78, 5) is 11.4. The largest absolute Gasteiger partial charge is 0.466 e. The molecule has 102 valence electrons. The minimum absolute atomic E-state index is 0.132. The normalized spacial score (nSPS) is 12.6. The third kappa shape index (κ3) is 3.35. The summed E-state index contributed by atoms with van der Waals surface area (Å²) in [5.74, 6) is -0.182. The summed E-state index contributed by atoms with van der Waals surface area (Å²) in [5.41, 5.74) is 7.29. The van der Waals surface area contributed by atoms with Crippen LogP contribution in [0.2, 0.25) is 0 Å². The molecule has 0 fully saturated rings. The number of fused-ring (bicyclic) bond motifs is 1. The predicted molar refractivity (Wildman–Crippen MR) is 82.3 cm³/mol. The fourth-order valence-electron chi connectivity index (χ4n) is 1.99. The maximum Gasteiger partial charge on any atom is 0.305 e. The van der Waals surface area contributed by atoms with E-state index in [2.05, 4.69) is 27.4 Å². The van der Waals surface area contributed by atoms with Crippen LogP contribution in [0.4, 0.5) is 0 Å². The van der Waals surface area contributed by atoms with Gasteiger partial charge in [0.25, 0.3) is 0 Å². The number of rotatable bonds is 5. The number of nitrogens with two attached hydrogens (primary N) is 1. The Morgan fingerprint density at radius 3 is 3.05 bits per heavy atom. The second kappa shape index (κ2) is 6.50. The van der Waals surface area contributed by atoms with E-state index < -0.39 is 0 Å². The van der Waals surface area contributed by atoms with Gasteiger partial charge in [-0.15, -0.1) is 11.3 Å². The molecule has 0 bridgehead atoms. The van der Waals surface area contributed by atoms with Crippen molar-refractivity contribution in [2.75, 3.05) is 6.61 Å². The molecule has 1 atom stereocenters. The standard InChI is InChI=1S/C14H16BrNO2S/c1-2-18-13(17)7-6-12(16)10-8-19-14-9(10)4-3-5-11(14)15/h3-5,8,12H,2,6-7,16H2,1H3. The molecule has 0 aliphatic heterocycles. The lowest BCUT2D eigenvalue weighted by molar-refractivity contribution is -0.143. The van der Waals surface area contributed by atoms with Gasteiger partial charge in [-0.25, -0.2) is 0 Å². The van der Waals surface area contributed by atoms with Gasteiger partial charge in [-0.2, -0.15) is 0 Å². The van der Waals surface area contributed by atoms with Gasteiger partial charge in [0.2, 0.25) is 0 Å². The van der Waals surface area contributed by atoms with Crippen molar-refractivity contribution in [3.05, 3.63) is 33.6 Å². The van der Waals surface area contributed by atoms with Crippen LogP contribution < -0.4 is 5.73 Å². The minimum atomic E-state index is -0.182. The molecule has 0 aliphatic carbocycles. The highest BCUT2D eigenvalue weighted by Gasteiger charge is 2.15. The van der Waals surface area contributed by atoms with Gasteiger partial charge >= 0.3 is 5.97 Å². The molecular weight excluding hydrogens is 326 g/mol. The number of hydrogen-bond acceptors (Lipinski definition) is 4. The van der Waals surface area contributed by atoms with Crippen LogP contribution in [0.1, 0.15) is 31.4 Å². The second-order valence-electron chi connectivity index (χ2n) is 4.26. The summed E-state index contributed by atoms with van der Waals surface area (Å²) >= 11 is 5.21. The molecule has 0 saturated carbocycles. The van der Waals surface area contributed by atoms with Crippen molar-refractivity contribution in [1.29, 1.82) is 0 Å². The van der Waals surface area contributed by atoms with E-state index in [0.29, 0.717) is 19.4 Å². The highest BCUT2D eigenvalue weighted by molar-refractivity contribution is 9.10. The van der Waals surface area contributed by atoms with Crippen LogP contribution in [0.3, 0.4) is 0 Å². The topological polar surface area (TPSA) is 52.3 Å². The summed E-state index contributed by atoms with van der Waals surface area (Å²) in [6, 6.07) is 5.95. The van der Waals surface area contributed by atoms with E-state index in [-0.39, 0.29) is 12.0 Å². The smallest absolute Gasteiger partial charge is 0.305 e. The number of hydrogen-bond donors (Lipinski definition) is 1. The van der Waals surface area contributed by atoms with E-state index in [1.54, 1.807) is 11.3 Å². The maximum atomic E-state index is 11.4. The average molecular weight is 342 g/mol. The Morgan fingerprint density at radius 1 is 1.53 bits per heavy atom. The lowest BCUT2D eigenvalue weighted by Crippen LogP contribution is -2.13. The van der Waals surface area contributed by atoms with E-state index in [4.69, 9.17) is 10.5 Å². The molecular formula is C14H16BrNO2S. The zero-order valence-corrected chi connectivity index (χ0v) is 13.1. The van der Waals surface area contributed by atoms with Crippen molar-refractivity contribution in [2.45, 2.75) is 25.8 Å². The predicted octanol–water partition coefficient (Wildman–Crippen LogP) is 4.01. The molecule has 1 aromatic carbocycles. The van der Waals surface area contributed by atoms with Gasteiger partial charge in [0.05, 0.1) is 6.61 Å². The van der Waals surface area contributed by atoms with Crippen molar-refractivity contribution in [1.82, 2.24) is 0 Å². The molecule has 0 aliphatic rings. The van der Waals surface area contributed by atoms with E-state index in [1.807, 2.05) is 19.1 Å². The van der Waals surface area contributed by atoms with Gasteiger partial charge in [0.15, 0.2) is 0 Å². The molecule has 5 heteroatoms. The molecule has 1 unspecified atom stereocenters. The Kier molecular flexibility index (Phi) is 4.96. The average Bonchev–Trinajstić information content (AvgIpc) is 2.82. The van der Waals surface area contributed by atoms with Crippen LogP contribution in [0.15, 0.2) is 28.1 Å². The quantitative estimate of drug-likeness (QED) is 0.836. The molecule has 19 heavy (non-hydrogen) atoms. The van der Waals surface area contributed by atoms with Crippen molar-refractivity contribution < 1.29 is 9.53 Å². The number of thiophene rings is 1. The zero-order chi connectivity index (χ0) is 13.8. The van der Waals surface area contributed by atoms with Crippen molar-refractivity contribution >= 4 is 43.3 Å². The number of halogens is 1. The van der Waals surface area contributed by atoms with Crippen LogP contribution in [0.25, 0.3) is 10.1 Å². The Labute approximate surface area is 124 Å². The molecule has 2 aromatic rings. The SMILES string of the molecule is CCOC(=O)CCC(N)c1csc2c(Br)cccc12. The Balaban J connectivity index is 2.11. The van der Waals surface area contributed by atoms with Gasteiger partial charge in [-0.05, 0) is 51.7 Å². The van der Waals surface area contributed by atoms with Crippen LogP contribution in [0.5, 0.6) is 0 Å². The molecule has 0 amide bonds. The fourth-order valence-corrected chi connectivity index (χ4v) is 3.68. The third-order valence-electron chi connectivity index (χ3n) is 2.95. The molecule has 3 nitrogen and oxygen atoms in total. The lowest BCUT2D eigenvalue weighted by atomic mass is 10.0. The molecule has 1 heterocycles. The van der Waals surface area contributed by atoms with Gasteiger partial charge in [-0.1, -0.05) is 12.1 Å². The molecule has 2 N–H and O–H groups in total. The van der Waals surface area contributed by atoms with Gasteiger partial charge < -0.3 is 10.5 Å². The summed E-state index contributed by atoms with van der Waals surface area (Å²) in [7, 11) is 0. The number of ether oxygens (including phenoxy) is 1. The molecule has 0 saturated heterocycles. The molecule has 0 radical (unpaired) electrons. The second-order valence-corrected chi connectivity index (χ2v) is 5.99. The third-order valence-corrected chi connectivity index (χ3v) is 4.92. The number of esters is 1. The van der Waals surface area contributed by atoms with Gasteiger partial charge in [-0.3, -0.25) is 4.79 Å². The Morgan fingerprint density at radius 2 is 2.32 bits per heavy atom. The van der Waals surface area contributed by atoms with Crippen LogP contribution >= 0.6 is 27.3 Å². The first-order valence-electron chi connectivity index (χ1n) is 6.20. The summed E-state index contributed by atoms with van der Waals surface area (Å²) in [5, 5.41) is 3.24. The first-order valence-corrected chi connectivity index (χ1v) is 7.87. The minimum Gasteiger partial charge on any atom is -0.466 e. The first kappa shape index (κ1) is 14.5. The highest BCUT2D eigenvalue weighted by atomic mass is 79.9. The van der Waals surface area contributed by atoms with E-state index in [0.717, 1.165) is 15.4 Å².